The van der Waals surface area contributed by atoms with Gasteiger partial charge < -0.3 is 24.3 Å². The second kappa shape index (κ2) is 10.9. The number of halogens is 1. The van der Waals surface area contributed by atoms with E-state index in [4.69, 9.17) is 21.1 Å². The maximum absolute atomic E-state index is 12.1. The van der Waals surface area contributed by atoms with Crippen molar-refractivity contribution in [1.82, 2.24) is 0 Å². The smallest absolute Gasteiger partial charge is 0.345 e. The van der Waals surface area contributed by atoms with Crippen LogP contribution in [0.3, 0.4) is 0 Å². The number of nitrogens with one attached hydrogen (secondary N) is 1. The standard InChI is InChI=1S/C21H20ClNO7/c1-27-17-11-13(9-15(20(25)28-2)21(26)29-3)10-16(22)19(17)30-12-18(24)23-14-7-5-4-6-8-14/h4-11H,12H2,1-3H3,(H,23,24). The molecule has 0 aliphatic rings. The quantitative estimate of drug-likeness (QED) is 0.295. The first-order valence-corrected chi connectivity index (χ1v) is 9.01. The Labute approximate surface area is 178 Å². The van der Waals surface area contributed by atoms with Crippen LogP contribution in [0.4, 0.5) is 5.69 Å². The van der Waals surface area contributed by atoms with Gasteiger partial charge in [-0.1, -0.05) is 29.8 Å². The highest BCUT2D eigenvalue weighted by molar-refractivity contribution is 6.32. The number of ether oxygens (including phenoxy) is 4. The summed E-state index contributed by atoms with van der Waals surface area (Å²) in [6.45, 7) is -0.310. The molecule has 1 amide bonds. The summed E-state index contributed by atoms with van der Waals surface area (Å²) in [4.78, 5) is 35.7. The summed E-state index contributed by atoms with van der Waals surface area (Å²) < 4.78 is 20.0. The molecule has 0 fully saturated rings. The molecule has 0 aliphatic carbocycles. The molecule has 2 aromatic carbocycles. The first-order chi connectivity index (χ1) is 14.4. The van der Waals surface area contributed by atoms with Gasteiger partial charge in [0, 0.05) is 5.69 Å². The molecule has 0 aliphatic heterocycles. The second-order valence-electron chi connectivity index (χ2n) is 5.78. The molecule has 30 heavy (non-hydrogen) atoms. The maximum Gasteiger partial charge on any atom is 0.345 e. The number of para-hydroxylation sites is 1. The van der Waals surface area contributed by atoms with Gasteiger partial charge in [0.1, 0.15) is 5.57 Å². The summed E-state index contributed by atoms with van der Waals surface area (Å²) in [5.41, 5.74) is 0.667. The zero-order valence-electron chi connectivity index (χ0n) is 16.6. The van der Waals surface area contributed by atoms with Crippen molar-refractivity contribution in [1.29, 1.82) is 0 Å². The molecule has 0 heterocycles. The van der Waals surface area contributed by atoms with Crippen molar-refractivity contribution < 1.29 is 33.3 Å². The lowest BCUT2D eigenvalue weighted by molar-refractivity contribution is -0.143. The topological polar surface area (TPSA) is 100 Å². The number of methoxy groups -OCH3 is 3. The average molecular weight is 434 g/mol. The van der Waals surface area contributed by atoms with Crippen LogP contribution in [-0.4, -0.2) is 45.8 Å². The van der Waals surface area contributed by atoms with Crippen LogP contribution in [-0.2, 0) is 23.9 Å². The lowest BCUT2D eigenvalue weighted by atomic mass is 10.1. The van der Waals surface area contributed by atoms with Crippen molar-refractivity contribution in [2.75, 3.05) is 33.3 Å². The van der Waals surface area contributed by atoms with Crippen molar-refractivity contribution in [2.45, 2.75) is 0 Å². The van der Waals surface area contributed by atoms with Crippen molar-refractivity contribution in [3.63, 3.8) is 0 Å². The van der Waals surface area contributed by atoms with E-state index in [9.17, 15) is 14.4 Å². The Balaban J connectivity index is 2.22. The normalized spacial score (nSPS) is 9.87. The first kappa shape index (κ1) is 22.8. The third-order valence-electron chi connectivity index (χ3n) is 3.78. The van der Waals surface area contributed by atoms with Gasteiger partial charge in [-0.3, -0.25) is 4.79 Å². The molecule has 0 unspecified atom stereocenters. The second-order valence-corrected chi connectivity index (χ2v) is 6.19. The summed E-state index contributed by atoms with van der Waals surface area (Å²) in [6.07, 6.45) is 1.25. The minimum Gasteiger partial charge on any atom is -0.493 e. The molecule has 158 valence electrons. The van der Waals surface area contributed by atoms with E-state index in [-0.39, 0.29) is 34.6 Å². The Bertz CT molecular complexity index is 939. The van der Waals surface area contributed by atoms with Gasteiger partial charge in [-0.15, -0.1) is 0 Å². The van der Waals surface area contributed by atoms with Crippen LogP contribution in [0.25, 0.3) is 6.08 Å². The van der Waals surface area contributed by atoms with E-state index in [2.05, 4.69) is 14.8 Å². The summed E-state index contributed by atoms with van der Waals surface area (Å²) in [6, 6.07) is 11.8. The molecule has 0 radical (unpaired) electrons. The SMILES string of the molecule is COC(=O)C(=Cc1cc(Cl)c(OCC(=O)Nc2ccccc2)c(OC)c1)C(=O)OC. The van der Waals surface area contributed by atoms with E-state index in [1.807, 2.05) is 6.07 Å². The summed E-state index contributed by atoms with van der Waals surface area (Å²) >= 11 is 6.27. The molecule has 1 N–H and O–H groups in total. The minimum atomic E-state index is -0.866. The van der Waals surface area contributed by atoms with Gasteiger partial charge in [0.25, 0.3) is 5.91 Å². The highest BCUT2D eigenvalue weighted by Crippen LogP contribution is 2.37. The number of rotatable bonds is 8. The van der Waals surface area contributed by atoms with E-state index in [0.717, 1.165) is 14.2 Å². The Hall–Kier alpha value is -3.52. The van der Waals surface area contributed by atoms with Gasteiger partial charge in [-0.25, -0.2) is 9.59 Å². The fourth-order valence-corrected chi connectivity index (χ4v) is 2.68. The van der Waals surface area contributed by atoms with Crippen molar-refractivity contribution >= 4 is 41.2 Å². The molecule has 8 nitrogen and oxygen atoms in total. The van der Waals surface area contributed by atoms with Gasteiger partial charge in [0.05, 0.1) is 26.4 Å². The van der Waals surface area contributed by atoms with Crippen LogP contribution in [0.5, 0.6) is 11.5 Å². The molecule has 2 rings (SSSR count). The average Bonchev–Trinajstić information content (AvgIpc) is 2.75. The fraction of sp³-hybridized carbons (Fsp3) is 0.190. The Morgan fingerprint density at radius 3 is 2.20 bits per heavy atom. The van der Waals surface area contributed by atoms with E-state index in [1.54, 1.807) is 24.3 Å². The number of amides is 1. The van der Waals surface area contributed by atoms with Crippen LogP contribution < -0.4 is 14.8 Å². The monoisotopic (exact) mass is 433 g/mol. The molecule has 0 bridgehead atoms. The van der Waals surface area contributed by atoms with Crippen molar-refractivity contribution in [2.24, 2.45) is 0 Å². The van der Waals surface area contributed by atoms with Gasteiger partial charge in [-0.05, 0) is 35.9 Å². The van der Waals surface area contributed by atoms with Gasteiger partial charge in [0.15, 0.2) is 18.1 Å². The lowest BCUT2D eigenvalue weighted by Gasteiger charge is -2.14. The van der Waals surface area contributed by atoms with E-state index in [0.29, 0.717) is 11.3 Å². The van der Waals surface area contributed by atoms with Crippen molar-refractivity contribution in [3.05, 3.63) is 58.6 Å². The fourth-order valence-electron chi connectivity index (χ4n) is 2.41. The lowest BCUT2D eigenvalue weighted by Crippen LogP contribution is -2.20. The number of benzene rings is 2. The van der Waals surface area contributed by atoms with Crippen LogP contribution in [0.15, 0.2) is 48.0 Å². The molecule has 9 heteroatoms. The molecular formula is C21H20ClNO7. The van der Waals surface area contributed by atoms with E-state index < -0.39 is 11.9 Å². The first-order valence-electron chi connectivity index (χ1n) is 8.63. The minimum absolute atomic E-state index is 0.113. The third kappa shape index (κ3) is 5.99. The van der Waals surface area contributed by atoms with E-state index >= 15 is 0 Å². The molecular weight excluding hydrogens is 414 g/mol. The zero-order chi connectivity index (χ0) is 22.1. The summed E-state index contributed by atoms with van der Waals surface area (Å²) in [7, 11) is 3.67. The predicted molar refractivity (Wildman–Crippen MR) is 111 cm³/mol. The van der Waals surface area contributed by atoms with Crippen molar-refractivity contribution in [3.8, 4) is 11.5 Å². The Morgan fingerprint density at radius 2 is 1.63 bits per heavy atom. The number of carbonyl (C=O) groups is 3. The maximum atomic E-state index is 12.1. The summed E-state index contributed by atoms with van der Waals surface area (Å²) in [5, 5.41) is 2.80. The van der Waals surface area contributed by atoms with Crippen LogP contribution in [0.1, 0.15) is 5.56 Å². The summed E-state index contributed by atoms with van der Waals surface area (Å²) in [5.74, 6) is -1.78. The molecule has 0 aromatic heterocycles. The number of esters is 2. The zero-order valence-corrected chi connectivity index (χ0v) is 17.3. The largest absolute Gasteiger partial charge is 0.493 e. The van der Waals surface area contributed by atoms with Gasteiger partial charge in [0.2, 0.25) is 0 Å². The van der Waals surface area contributed by atoms with E-state index in [1.165, 1.54) is 25.3 Å². The third-order valence-corrected chi connectivity index (χ3v) is 4.06. The number of hydrogen-bond donors (Lipinski definition) is 1. The molecule has 2 aromatic rings. The van der Waals surface area contributed by atoms with Crippen LogP contribution in [0, 0.1) is 0 Å². The number of anilines is 1. The van der Waals surface area contributed by atoms with Gasteiger partial charge in [-0.2, -0.15) is 0 Å². The molecule has 0 spiro atoms. The predicted octanol–water partition coefficient (Wildman–Crippen LogP) is 3.10. The molecule has 0 saturated heterocycles. The Kier molecular flexibility index (Phi) is 8.25. The number of hydrogen-bond acceptors (Lipinski definition) is 7. The van der Waals surface area contributed by atoms with Crippen LogP contribution >= 0.6 is 11.6 Å². The van der Waals surface area contributed by atoms with Gasteiger partial charge >= 0.3 is 11.9 Å². The highest BCUT2D eigenvalue weighted by Gasteiger charge is 2.21. The molecule has 0 atom stereocenters. The highest BCUT2D eigenvalue weighted by atomic mass is 35.5. The molecule has 0 saturated carbocycles. The Morgan fingerprint density at radius 1 is 1.00 bits per heavy atom. The number of carbonyl (C=O) groups excluding carboxylic acids is 3. The van der Waals surface area contributed by atoms with Crippen LogP contribution in [0.2, 0.25) is 5.02 Å².